The second-order valence-electron chi connectivity index (χ2n) is 3.46. The van der Waals surface area contributed by atoms with E-state index in [0.29, 0.717) is 6.10 Å². The minimum atomic E-state index is 0.385. The van der Waals surface area contributed by atoms with Gasteiger partial charge in [0.2, 0.25) is 0 Å². The first-order chi connectivity index (χ1) is 6.43. The van der Waals surface area contributed by atoms with Crippen molar-refractivity contribution in [1.82, 2.24) is 0 Å². The van der Waals surface area contributed by atoms with Gasteiger partial charge in [-0.05, 0) is 25.7 Å². The van der Waals surface area contributed by atoms with Crippen LogP contribution in [0.4, 0.5) is 0 Å². The molecule has 3 heteroatoms. The normalized spacial score (nSPS) is 22.4. The first-order valence-electron chi connectivity index (χ1n) is 5.19. The molecule has 1 saturated heterocycles. The molecule has 0 radical (unpaired) electrons. The fourth-order valence-electron chi connectivity index (χ4n) is 1.47. The highest BCUT2D eigenvalue weighted by atomic mass is 79.9. The zero-order chi connectivity index (χ0) is 9.36. The topological polar surface area (TPSA) is 18.5 Å². The van der Waals surface area contributed by atoms with Crippen LogP contribution in [0.3, 0.4) is 0 Å². The van der Waals surface area contributed by atoms with Gasteiger partial charge in [-0.3, -0.25) is 0 Å². The average Bonchev–Trinajstić information content (AvgIpc) is 2.63. The molecule has 1 unspecified atom stereocenters. The van der Waals surface area contributed by atoms with Crippen molar-refractivity contribution in [1.29, 1.82) is 0 Å². The molecule has 0 aromatic carbocycles. The van der Waals surface area contributed by atoms with Gasteiger partial charge in [0.25, 0.3) is 0 Å². The van der Waals surface area contributed by atoms with Gasteiger partial charge in [-0.2, -0.15) is 0 Å². The smallest absolute Gasteiger partial charge is 0.0809 e. The van der Waals surface area contributed by atoms with Crippen LogP contribution in [-0.2, 0) is 9.47 Å². The van der Waals surface area contributed by atoms with Gasteiger partial charge in [-0.25, -0.2) is 0 Å². The van der Waals surface area contributed by atoms with Crippen LogP contribution < -0.4 is 0 Å². The van der Waals surface area contributed by atoms with Crippen LogP contribution in [0.2, 0.25) is 0 Å². The van der Waals surface area contributed by atoms with E-state index in [1.165, 1.54) is 32.1 Å². The molecule has 0 amide bonds. The Hall–Kier alpha value is 0.400. The molecule has 1 atom stereocenters. The van der Waals surface area contributed by atoms with Crippen LogP contribution in [0, 0.1) is 0 Å². The van der Waals surface area contributed by atoms with Gasteiger partial charge >= 0.3 is 0 Å². The Morgan fingerprint density at radius 2 is 2.23 bits per heavy atom. The molecule has 0 aromatic rings. The summed E-state index contributed by atoms with van der Waals surface area (Å²) >= 11 is 3.41. The Morgan fingerprint density at radius 1 is 1.31 bits per heavy atom. The predicted molar refractivity (Wildman–Crippen MR) is 57.4 cm³/mol. The summed E-state index contributed by atoms with van der Waals surface area (Å²) < 4.78 is 11.0. The summed E-state index contributed by atoms with van der Waals surface area (Å²) in [6, 6.07) is 0. The molecule has 0 saturated carbocycles. The Kier molecular flexibility index (Phi) is 6.86. The largest absolute Gasteiger partial charge is 0.379 e. The summed E-state index contributed by atoms with van der Waals surface area (Å²) in [5, 5.41) is 1.11. The first kappa shape index (κ1) is 11.5. The van der Waals surface area contributed by atoms with Crippen molar-refractivity contribution in [2.45, 2.75) is 38.2 Å². The van der Waals surface area contributed by atoms with E-state index in [4.69, 9.17) is 9.47 Å². The predicted octanol–water partition coefficient (Wildman–Crippen LogP) is 2.75. The highest BCUT2D eigenvalue weighted by Crippen LogP contribution is 2.12. The molecule has 0 bridgehead atoms. The summed E-state index contributed by atoms with van der Waals surface area (Å²) in [6.45, 7) is 2.62. The minimum Gasteiger partial charge on any atom is -0.379 e. The van der Waals surface area contributed by atoms with Crippen LogP contribution in [0.15, 0.2) is 0 Å². The lowest BCUT2D eigenvalue weighted by atomic mass is 10.2. The van der Waals surface area contributed by atoms with Crippen LogP contribution in [-0.4, -0.2) is 31.3 Å². The maximum absolute atomic E-state index is 5.52. The SMILES string of the molecule is BrCCCCCOCC1CCCO1. The number of rotatable bonds is 7. The van der Waals surface area contributed by atoms with Gasteiger partial charge in [-0.15, -0.1) is 0 Å². The second kappa shape index (κ2) is 7.77. The maximum atomic E-state index is 5.52. The van der Waals surface area contributed by atoms with Crippen LogP contribution in [0.25, 0.3) is 0 Å². The van der Waals surface area contributed by atoms with Crippen LogP contribution in [0.5, 0.6) is 0 Å². The third kappa shape index (κ3) is 5.66. The van der Waals surface area contributed by atoms with Gasteiger partial charge in [0.1, 0.15) is 0 Å². The number of ether oxygens (including phenoxy) is 2. The molecule has 1 heterocycles. The number of halogens is 1. The second-order valence-corrected chi connectivity index (χ2v) is 4.25. The highest BCUT2D eigenvalue weighted by Gasteiger charge is 2.14. The molecule has 0 aromatic heterocycles. The zero-order valence-electron chi connectivity index (χ0n) is 8.14. The van der Waals surface area contributed by atoms with Crippen molar-refractivity contribution in [3.8, 4) is 0 Å². The number of hydrogen-bond donors (Lipinski definition) is 0. The van der Waals surface area contributed by atoms with E-state index in [1.54, 1.807) is 0 Å². The van der Waals surface area contributed by atoms with Crippen LogP contribution >= 0.6 is 15.9 Å². The third-order valence-electron chi connectivity index (χ3n) is 2.25. The lowest BCUT2D eigenvalue weighted by Crippen LogP contribution is -2.14. The molecule has 0 spiro atoms. The molecular formula is C10H19BrO2. The number of hydrogen-bond acceptors (Lipinski definition) is 2. The quantitative estimate of drug-likeness (QED) is 0.511. The van der Waals surface area contributed by atoms with Crippen molar-refractivity contribution in [2.24, 2.45) is 0 Å². The average molecular weight is 251 g/mol. The third-order valence-corrected chi connectivity index (χ3v) is 2.81. The lowest BCUT2D eigenvalue weighted by Gasteiger charge is -2.09. The Labute approximate surface area is 89.1 Å². The van der Waals surface area contributed by atoms with Crippen molar-refractivity contribution >= 4 is 15.9 Å². The molecule has 1 rings (SSSR count). The van der Waals surface area contributed by atoms with Crippen molar-refractivity contribution in [3.63, 3.8) is 0 Å². The number of alkyl halides is 1. The summed E-state index contributed by atoms with van der Waals surface area (Å²) in [6.07, 6.45) is 6.47. The zero-order valence-corrected chi connectivity index (χ0v) is 9.72. The van der Waals surface area contributed by atoms with E-state index < -0.39 is 0 Å². The Bertz CT molecular complexity index is 113. The van der Waals surface area contributed by atoms with Crippen molar-refractivity contribution < 1.29 is 9.47 Å². The molecule has 0 aliphatic carbocycles. The van der Waals surface area contributed by atoms with Gasteiger partial charge < -0.3 is 9.47 Å². The molecule has 78 valence electrons. The van der Waals surface area contributed by atoms with E-state index in [9.17, 15) is 0 Å². The standard InChI is InChI=1S/C10H19BrO2/c11-6-2-1-3-7-12-9-10-5-4-8-13-10/h10H,1-9H2. The molecule has 1 aliphatic heterocycles. The summed E-state index contributed by atoms with van der Waals surface area (Å²) in [5.41, 5.74) is 0. The fourth-order valence-corrected chi connectivity index (χ4v) is 1.86. The van der Waals surface area contributed by atoms with Crippen LogP contribution in [0.1, 0.15) is 32.1 Å². The number of unbranched alkanes of at least 4 members (excludes halogenated alkanes) is 2. The first-order valence-corrected chi connectivity index (χ1v) is 6.31. The molecular weight excluding hydrogens is 232 g/mol. The van der Waals surface area contributed by atoms with Crippen molar-refractivity contribution in [2.75, 3.05) is 25.2 Å². The van der Waals surface area contributed by atoms with Gasteiger partial charge in [-0.1, -0.05) is 22.4 Å². The fraction of sp³-hybridized carbons (Fsp3) is 1.00. The maximum Gasteiger partial charge on any atom is 0.0809 e. The van der Waals surface area contributed by atoms with E-state index in [0.717, 1.165) is 25.2 Å². The van der Waals surface area contributed by atoms with Gasteiger partial charge in [0.05, 0.1) is 12.7 Å². The molecule has 1 fully saturated rings. The molecule has 1 aliphatic rings. The Balaban J connectivity index is 1.78. The van der Waals surface area contributed by atoms with E-state index in [1.807, 2.05) is 0 Å². The molecule has 2 nitrogen and oxygen atoms in total. The van der Waals surface area contributed by atoms with Gasteiger partial charge in [0.15, 0.2) is 0 Å². The highest BCUT2D eigenvalue weighted by molar-refractivity contribution is 9.09. The van der Waals surface area contributed by atoms with E-state index in [2.05, 4.69) is 15.9 Å². The summed E-state index contributed by atoms with van der Waals surface area (Å²) in [7, 11) is 0. The Morgan fingerprint density at radius 3 is 2.92 bits per heavy atom. The minimum absolute atomic E-state index is 0.385. The van der Waals surface area contributed by atoms with Gasteiger partial charge in [0, 0.05) is 18.5 Å². The van der Waals surface area contributed by atoms with E-state index in [-0.39, 0.29) is 0 Å². The molecule has 0 N–H and O–H groups in total. The monoisotopic (exact) mass is 250 g/mol. The lowest BCUT2D eigenvalue weighted by molar-refractivity contribution is 0.0162. The molecule has 13 heavy (non-hydrogen) atoms. The summed E-state index contributed by atoms with van der Waals surface area (Å²) in [5.74, 6) is 0. The van der Waals surface area contributed by atoms with E-state index >= 15 is 0 Å². The van der Waals surface area contributed by atoms with Crippen molar-refractivity contribution in [3.05, 3.63) is 0 Å². The summed E-state index contributed by atoms with van der Waals surface area (Å²) in [4.78, 5) is 0.